The maximum Gasteiger partial charge on any atom is 0.246 e. The highest BCUT2D eigenvalue weighted by Crippen LogP contribution is 2.28. The van der Waals surface area contributed by atoms with Crippen LogP contribution >= 0.6 is 0 Å². The number of rotatable bonds is 8. The molecule has 6 nitrogen and oxygen atoms in total. The van der Waals surface area contributed by atoms with Crippen molar-refractivity contribution in [2.75, 3.05) is 39.9 Å². The lowest BCUT2D eigenvalue weighted by Gasteiger charge is -2.31. The molecule has 1 aromatic heterocycles. The summed E-state index contributed by atoms with van der Waals surface area (Å²) in [5.41, 5.74) is 2.17. The zero-order valence-electron chi connectivity index (χ0n) is 16.8. The van der Waals surface area contributed by atoms with Gasteiger partial charge in [-0.1, -0.05) is 18.7 Å². The molecule has 2 heterocycles. The fraction of sp³-hybridized carbons (Fsp3) is 0.304. The highest BCUT2D eigenvalue weighted by atomic mass is 16.5. The molecule has 1 aliphatic heterocycles. The van der Waals surface area contributed by atoms with Crippen molar-refractivity contribution < 1.29 is 19.2 Å². The molecule has 0 spiro atoms. The number of nitrogens with one attached hydrogen (secondary N) is 1. The largest absolute Gasteiger partial charge is 0.493 e. The van der Waals surface area contributed by atoms with Crippen LogP contribution in [0.25, 0.3) is 6.08 Å². The average molecular weight is 394 g/mol. The Labute approximate surface area is 172 Å². The summed E-state index contributed by atoms with van der Waals surface area (Å²) in [6, 6.07) is 9.71. The second kappa shape index (κ2) is 10.4. The molecule has 0 saturated carbocycles. The molecule has 1 aliphatic rings. The van der Waals surface area contributed by atoms with E-state index in [1.807, 2.05) is 41.6 Å². The Balaban J connectivity index is 1.52. The molecule has 0 radical (unpaired) electrons. The minimum atomic E-state index is 0.0407. The van der Waals surface area contributed by atoms with E-state index in [-0.39, 0.29) is 5.91 Å². The molecule has 0 aliphatic carbocycles. The van der Waals surface area contributed by atoms with E-state index in [0.29, 0.717) is 18.1 Å². The molecule has 1 aromatic carbocycles. The second-order valence-electron chi connectivity index (χ2n) is 6.95. The van der Waals surface area contributed by atoms with E-state index in [0.717, 1.165) is 38.3 Å². The van der Waals surface area contributed by atoms with Gasteiger partial charge in [0, 0.05) is 24.0 Å². The van der Waals surface area contributed by atoms with Gasteiger partial charge in [-0.15, -0.1) is 0 Å². The maximum absolute atomic E-state index is 12.6. The molecule has 1 fully saturated rings. The van der Waals surface area contributed by atoms with E-state index in [1.165, 1.54) is 10.5 Å². The van der Waals surface area contributed by atoms with Gasteiger partial charge in [0.1, 0.15) is 13.2 Å². The van der Waals surface area contributed by atoms with Gasteiger partial charge < -0.3 is 19.3 Å². The molecule has 0 atom stereocenters. The molecular formula is C23H28N3O3+. The highest BCUT2D eigenvalue weighted by molar-refractivity contribution is 5.91. The number of piperazine rings is 1. The number of amides is 1. The molecular weight excluding hydrogens is 366 g/mol. The number of methoxy groups -OCH3 is 1. The van der Waals surface area contributed by atoms with Crippen molar-refractivity contribution in [1.29, 1.82) is 0 Å². The van der Waals surface area contributed by atoms with Gasteiger partial charge in [-0.2, -0.15) is 0 Å². The third-order valence-corrected chi connectivity index (χ3v) is 4.95. The zero-order valence-corrected chi connectivity index (χ0v) is 16.8. The van der Waals surface area contributed by atoms with Crippen molar-refractivity contribution in [3.05, 3.63) is 72.6 Å². The number of benzene rings is 1. The van der Waals surface area contributed by atoms with Crippen LogP contribution in [0.2, 0.25) is 0 Å². The predicted molar refractivity (Wildman–Crippen MR) is 113 cm³/mol. The van der Waals surface area contributed by atoms with Crippen molar-refractivity contribution in [3.8, 4) is 11.5 Å². The molecule has 2 aromatic rings. The van der Waals surface area contributed by atoms with E-state index in [4.69, 9.17) is 9.47 Å². The number of ether oxygens (including phenoxy) is 2. The Morgan fingerprint density at radius 3 is 2.66 bits per heavy atom. The summed E-state index contributed by atoms with van der Waals surface area (Å²) in [5.74, 6) is 1.33. The second-order valence-corrected chi connectivity index (χ2v) is 6.95. The smallest absolute Gasteiger partial charge is 0.246 e. The standard InChI is InChI=1S/C23H27N3O3/c1-3-16-29-21-6-4-19(17-22(21)28-2)5-7-23(27)26-14-12-25(13-15-26)18-20-8-10-24-11-9-20/h3-11,17H,1,12-16,18H2,2H3/p+1/b7-5+. The average Bonchev–Trinajstić information content (AvgIpc) is 2.77. The molecule has 6 heteroatoms. The summed E-state index contributed by atoms with van der Waals surface area (Å²) in [4.78, 5) is 20.0. The monoisotopic (exact) mass is 394 g/mol. The highest BCUT2D eigenvalue weighted by Gasteiger charge is 2.22. The minimum absolute atomic E-state index is 0.0407. The predicted octanol–water partition coefficient (Wildman–Crippen LogP) is 1.60. The van der Waals surface area contributed by atoms with Crippen molar-refractivity contribution in [2.45, 2.75) is 6.54 Å². The van der Waals surface area contributed by atoms with Crippen LogP contribution in [0.15, 0.2) is 61.5 Å². The first-order chi connectivity index (χ1) is 14.2. The van der Waals surface area contributed by atoms with E-state index in [9.17, 15) is 4.79 Å². The fourth-order valence-electron chi connectivity index (χ4n) is 3.34. The lowest BCUT2D eigenvalue weighted by Crippen LogP contribution is -3.13. The number of hydrogen-bond acceptors (Lipinski definition) is 4. The third-order valence-electron chi connectivity index (χ3n) is 4.95. The lowest BCUT2D eigenvalue weighted by molar-refractivity contribution is -0.917. The normalized spacial score (nSPS) is 14.7. The number of carbonyl (C=O) groups is 1. The number of carbonyl (C=O) groups excluding carboxylic acids is 1. The van der Waals surface area contributed by atoms with Gasteiger partial charge in [0.2, 0.25) is 5.91 Å². The third kappa shape index (κ3) is 5.93. The van der Waals surface area contributed by atoms with Crippen molar-refractivity contribution in [2.24, 2.45) is 0 Å². The minimum Gasteiger partial charge on any atom is -0.493 e. The number of pyridine rings is 1. The Kier molecular flexibility index (Phi) is 7.41. The summed E-state index contributed by atoms with van der Waals surface area (Å²) in [5, 5.41) is 0. The molecule has 0 unspecified atom stereocenters. The molecule has 1 saturated heterocycles. The molecule has 3 rings (SSSR count). The molecule has 152 valence electrons. The van der Waals surface area contributed by atoms with E-state index >= 15 is 0 Å². The zero-order chi connectivity index (χ0) is 20.5. The first kappa shape index (κ1) is 20.6. The van der Waals surface area contributed by atoms with Crippen LogP contribution in [0.5, 0.6) is 11.5 Å². The van der Waals surface area contributed by atoms with Crippen LogP contribution in [-0.4, -0.2) is 55.7 Å². The van der Waals surface area contributed by atoms with Gasteiger partial charge in [-0.3, -0.25) is 9.78 Å². The van der Waals surface area contributed by atoms with Crippen LogP contribution in [0.3, 0.4) is 0 Å². The van der Waals surface area contributed by atoms with Crippen LogP contribution in [0.4, 0.5) is 0 Å². The van der Waals surface area contributed by atoms with Gasteiger partial charge in [0.05, 0.1) is 33.3 Å². The van der Waals surface area contributed by atoms with Crippen molar-refractivity contribution in [1.82, 2.24) is 9.88 Å². The topological polar surface area (TPSA) is 56.1 Å². The summed E-state index contributed by atoms with van der Waals surface area (Å²) in [6.45, 7) is 8.46. The quantitative estimate of drug-likeness (QED) is 0.546. The van der Waals surface area contributed by atoms with Gasteiger partial charge >= 0.3 is 0 Å². The van der Waals surface area contributed by atoms with Crippen LogP contribution in [0, 0.1) is 0 Å². The number of hydrogen-bond donors (Lipinski definition) is 1. The molecule has 1 amide bonds. The summed E-state index contributed by atoms with van der Waals surface area (Å²) < 4.78 is 10.9. The Morgan fingerprint density at radius 1 is 1.21 bits per heavy atom. The fourth-order valence-corrected chi connectivity index (χ4v) is 3.34. The summed E-state index contributed by atoms with van der Waals surface area (Å²) in [7, 11) is 1.60. The van der Waals surface area contributed by atoms with E-state index in [2.05, 4.69) is 23.7 Å². The Hall–Kier alpha value is -3.12. The molecule has 29 heavy (non-hydrogen) atoms. The number of quaternary nitrogens is 1. The number of nitrogens with zero attached hydrogens (tertiary/aromatic N) is 2. The van der Waals surface area contributed by atoms with Crippen LogP contribution < -0.4 is 14.4 Å². The lowest BCUT2D eigenvalue weighted by atomic mass is 10.1. The van der Waals surface area contributed by atoms with Gasteiger partial charge in [-0.25, -0.2) is 0 Å². The van der Waals surface area contributed by atoms with Gasteiger partial charge in [0.25, 0.3) is 0 Å². The Bertz CT molecular complexity index is 844. The van der Waals surface area contributed by atoms with Crippen LogP contribution in [-0.2, 0) is 11.3 Å². The molecule has 0 bridgehead atoms. The summed E-state index contributed by atoms with van der Waals surface area (Å²) in [6.07, 6.45) is 8.79. The first-order valence-electron chi connectivity index (χ1n) is 9.81. The first-order valence-corrected chi connectivity index (χ1v) is 9.81. The van der Waals surface area contributed by atoms with E-state index in [1.54, 1.807) is 19.3 Å². The SMILES string of the molecule is C=CCOc1ccc(/C=C/C(=O)N2CC[NH+](Cc3ccncc3)CC2)cc1OC. The van der Waals surface area contributed by atoms with Crippen molar-refractivity contribution >= 4 is 12.0 Å². The molecule has 1 N–H and O–H groups in total. The Morgan fingerprint density at radius 2 is 1.97 bits per heavy atom. The van der Waals surface area contributed by atoms with Gasteiger partial charge in [-0.05, 0) is 35.9 Å². The summed E-state index contributed by atoms with van der Waals surface area (Å²) >= 11 is 0. The number of aromatic nitrogens is 1. The van der Waals surface area contributed by atoms with Gasteiger partial charge in [0.15, 0.2) is 11.5 Å². The van der Waals surface area contributed by atoms with Crippen molar-refractivity contribution in [3.63, 3.8) is 0 Å². The maximum atomic E-state index is 12.6. The van der Waals surface area contributed by atoms with Crippen LogP contribution in [0.1, 0.15) is 11.1 Å². The van der Waals surface area contributed by atoms with E-state index < -0.39 is 0 Å².